The molecule has 46 heavy (non-hydrogen) atoms. The number of quaternary nitrogens is 1. The number of hydrogen-bond acceptors (Lipinski definition) is 0. The summed E-state index contributed by atoms with van der Waals surface area (Å²) in [6.07, 6.45) is 0. The molecule has 3 N–H and O–H groups in total. The summed E-state index contributed by atoms with van der Waals surface area (Å²) >= 11 is 0. The minimum atomic E-state index is 0. The van der Waals surface area contributed by atoms with Crippen LogP contribution in [0.2, 0.25) is 0 Å². The van der Waals surface area contributed by atoms with Crippen molar-refractivity contribution in [2.75, 3.05) is 0 Å². The van der Waals surface area contributed by atoms with Crippen LogP contribution < -0.4 is 17.3 Å². The van der Waals surface area contributed by atoms with Crippen LogP contribution in [0.1, 0.15) is 0 Å². The van der Waals surface area contributed by atoms with Crippen LogP contribution in [0.25, 0.3) is 65.9 Å². The molecule has 0 unspecified atom stereocenters. The number of nitrogens with one attached hydrogen (secondary N) is 3. The molecule has 0 saturated heterocycles. The maximum Gasteiger partial charge on any atom is 0.149 e. The molecular formula is C42H30ClN3. The average molecular weight is 612 g/mol. The Morgan fingerprint density at radius 1 is 0.370 bits per heavy atom. The summed E-state index contributed by atoms with van der Waals surface area (Å²) in [6, 6.07) is 59.0. The van der Waals surface area contributed by atoms with Crippen LogP contribution in [0, 0.1) is 0 Å². The second-order valence-corrected chi connectivity index (χ2v) is 11.7. The van der Waals surface area contributed by atoms with Gasteiger partial charge in [-0.1, -0.05) is 109 Å². The van der Waals surface area contributed by atoms with Gasteiger partial charge in [-0.25, -0.2) is 4.90 Å². The number of aromatic amines is 2. The molecule has 0 fully saturated rings. The van der Waals surface area contributed by atoms with Gasteiger partial charge in [-0.3, -0.25) is 0 Å². The molecule has 3 nitrogen and oxygen atoms in total. The van der Waals surface area contributed by atoms with E-state index in [4.69, 9.17) is 0 Å². The van der Waals surface area contributed by atoms with Gasteiger partial charge in [0.2, 0.25) is 0 Å². The molecule has 0 aliphatic heterocycles. The van der Waals surface area contributed by atoms with E-state index in [2.05, 4.69) is 174 Å². The van der Waals surface area contributed by atoms with E-state index in [1.165, 1.54) is 65.8 Å². The Morgan fingerprint density at radius 2 is 0.957 bits per heavy atom. The molecule has 0 amide bonds. The molecule has 220 valence electrons. The minimum absolute atomic E-state index is 0. The zero-order valence-corrected chi connectivity index (χ0v) is 25.7. The largest absolute Gasteiger partial charge is 1.00 e. The highest BCUT2D eigenvalue weighted by Gasteiger charge is 2.25. The highest BCUT2D eigenvalue weighted by atomic mass is 35.5. The number of rotatable bonds is 5. The van der Waals surface area contributed by atoms with Crippen molar-refractivity contribution < 1.29 is 17.3 Å². The fraction of sp³-hybridized carbons (Fsp3) is 0. The van der Waals surface area contributed by atoms with Crippen LogP contribution >= 0.6 is 0 Å². The van der Waals surface area contributed by atoms with Crippen molar-refractivity contribution in [3.05, 3.63) is 164 Å². The smallest absolute Gasteiger partial charge is 0.149 e. The number of H-pyrrole nitrogens is 2. The summed E-state index contributed by atoms with van der Waals surface area (Å²) in [4.78, 5) is 8.72. The monoisotopic (exact) mass is 611 g/mol. The zero-order chi connectivity index (χ0) is 29.7. The van der Waals surface area contributed by atoms with Crippen molar-refractivity contribution in [3.8, 4) is 22.3 Å². The third kappa shape index (κ3) is 4.57. The summed E-state index contributed by atoms with van der Waals surface area (Å²) in [5.74, 6) is 0. The molecule has 0 atom stereocenters. The van der Waals surface area contributed by atoms with Gasteiger partial charge in [0.05, 0.1) is 5.52 Å². The van der Waals surface area contributed by atoms with Crippen LogP contribution in [0.15, 0.2) is 164 Å². The molecule has 0 radical (unpaired) electrons. The minimum Gasteiger partial charge on any atom is -1.00 e. The summed E-state index contributed by atoms with van der Waals surface area (Å²) < 4.78 is 0. The van der Waals surface area contributed by atoms with E-state index in [-0.39, 0.29) is 12.4 Å². The normalized spacial score (nSPS) is 11.5. The van der Waals surface area contributed by atoms with Gasteiger partial charge in [0.1, 0.15) is 17.1 Å². The van der Waals surface area contributed by atoms with Crippen LogP contribution in [0.3, 0.4) is 0 Å². The Balaban J connectivity index is 0.00000312. The third-order valence-electron chi connectivity index (χ3n) is 9.07. The van der Waals surface area contributed by atoms with Gasteiger partial charge >= 0.3 is 0 Å². The molecule has 0 saturated carbocycles. The van der Waals surface area contributed by atoms with Crippen molar-refractivity contribution in [1.29, 1.82) is 0 Å². The van der Waals surface area contributed by atoms with E-state index in [1.54, 1.807) is 0 Å². The number of para-hydroxylation sites is 4. The summed E-state index contributed by atoms with van der Waals surface area (Å²) in [5.41, 5.74) is 13.0. The number of halogens is 1. The number of aromatic nitrogens is 2. The zero-order valence-electron chi connectivity index (χ0n) is 25.0. The highest BCUT2D eigenvalue weighted by Crippen LogP contribution is 2.40. The lowest BCUT2D eigenvalue weighted by atomic mass is 9.95. The number of hydrogen-bond donors (Lipinski definition) is 3. The van der Waals surface area contributed by atoms with Gasteiger partial charge in [0.25, 0.3) is 0 Å². The molecule has 7 aromatic carbocycles. The van der Waals surface area contributed by atoms with Crippen molar-refractivity contribution in [1.82, 2.24) is 9.97 Å². The SMILES string of the molecule is [Cl-].c1ccc(-c2ccc(-c3cccc4c3[nH]c3cc5c(cc34)[nH]c3ccccc35)c([NH+](c3ccccc3)c3ccccc3)c2)cc1. The van der Waals surface area contributed by atoms with Gasteiger partial charge < -0.3 is 22.4 Å². The van der Waals surface area contributed by atoms with E-state index in [0.29, 0.717) is 0 Å². The van der Waals surface area contributed by atoms with E-state index in [0.717, 1.165) is 22.1 Å². The standard InChI is InChI=1S/C42H29N3.ClH/c1-4-13-28(14-5-1)29-23-24-33(41(25-29)45(30-15-6-2-7-16-30)31-17-8-3-9-18-31)34-20-12-21-35-37-27-39-36(26-40(37)44-42(34)35)32-19-10-11-22-38(32)43-39;/h1-27,43-44H;1H. The van der Waals surface area contributed by atoms with Crippen molar-refractivity contribution >= 4 is 60.7 Å². The molecule has 9 aromatic rings. The van der Waals surface area contributed by atoms with Crippen LogP contribution in [-0.4, -0.2) is 9.97 Å². The average Bonchev–Trinajstić information content (AvgIpc) is 3.66. The summed E-state index contributed by atoms with van der Waals surface area (Å²) in [7, 11) is 0. The topological polar surface area (TPSA) is 36.0 Å². The molecule has 2 aromatic heterocycles. The molecule has 0 aliphatic rings. The van der Waals surface area contributed by atoms with Crippen LogP contribution in [0.5, 0.6) is 0 Å². The maximum atomic E-state index is 3.86. The van der Waals surface area contributed by atoms with Crippen molar-refractivity contribution in [2.45, 2.75) is 0 Å². The van der Waals surface area contributed by atoms with Gasteiger partial charge in [0.15, 0.2) is 0 Å². The Labute approximate surface area is 273 Å². The lowest BCUT2D eigenvalue weighted by Crippen LogP contribution is -3.00. The molecule has 4 heteroatoms. The lowest BCUT2D eigenvalue weighted by Gasteiger charge is -2.22. The van der Waals surface area contributed by atoms with Crippen LogP contribution in [-0.2, 0) is 0 Å². The lowest BCUT2D eigenvalue weighted by molar-refractivity contribution is -0.680. The highest BCUT2D eigenvalue weighted by molar-refractivity contribution is 6.19. The quantitative estimate of drug-likeness (QED) is 0.181. The van der Waals surface area contributed by atoms with Gasteiger partial charge in [-0.15, -0.1) is 0 Å². The second-order valence-electron chi connectivity index (χ2n) is 11.7. The summed E-state index contributed by atoms with van der Waals surface area (Å²) in [5, 5.41) is 4.94. The van der Waals surface area contributed by atoms with E-state index < -0.39 is 0 Å². The summed E-state index contributed by atoms with van der Waals surface area (Å²) in [6.45, 7) is 0. The number of benzene rings is 7. The first-order chi connectivity index (χ1) is 22.3. The molecule has 2 heterocycles. The van der Waals surface area contributed by atoms with Gasteiger partial charge in [-0.05, 0) is 59.7 Å². The maximum absolute atomic E-state index is 3.86. The van der Waals surface area contributed by atoms with Gasteiger partial charge in [0, 0.05) is 55.3 Å². The molecule has 0 bridgehead atoms. The second kappa shape index (κ2) is 11.4. The Hall–Kier alpha value is -5.61. The Morgan fingerprint density at radius 3 is 1.67 bits per heavy atom. The van der Waals surface area contributed by atoms with Gasteiger partial charge in [-0.2, -0.15) is 0 Å². The first-order valence-corrected chi connectivity index (χ1v) is 15.4. The molecular weight excluding hydrogens is 582 g/mol. The first kappa shape index (κ1) is 27.9. The van der Waals surface area contributed by atoms with E-state index >= 15 is 0 Å². The predicted octanol–water partition coefficient (Wildman–Crippen LogP) is 7.47. The Bertz CT molecular complexity index is 2440. The molecule has 0 aliphatic carbocycles. The Kier molecular flexibility index (Phi) is 6.91. The van der Waals surface area contributed by atoms with E-state index in [1.807, 2.05) is 0 Å². The fourth-order valence-corrected chi connectivity index (χ4v) is 6.98. The predicted molar refractivity (Wildman–Crippen MR) is 189 cm³/mol. The number of fused-ring (bicyclic) bond motifs is 6. The van der Waals surface area contributed by atoms with E-state index in [9.17, 15) is 0 Å². The van der Waals surface area contributed by atoms with Crippen molar-refractivity contribution in [2.24, 2.45) is 0 Å². The molecule has 0 spiro atoms. The third-order valence-corrected chi connectivity index (χ3v) is 9.07. The van der Waals surface area contributed by atoms with Crippen molar-refractivity contribution in [3.63, 3.8) is 0 Å². The molecule has 9 rings (SSSR count). The first-order valence-electron chi connectivity index (χ1n) is 15.4. The fourth-order valence-electron chi connectivity index (χ4n) is 6.98. The van der Waals surface area contributed by atoms with Crippen LogP contribution in [0.4, 0.5) is 17.1 Å².